The van der Waals surface area contributed by atoms with E-state index >= 15 is 0 Å². The van der Waals surface area contributed by atoms with Crippen molar-refractivity contribution < 1.29 is 33.5 Å². The molecule has 0 unspecified atom stereocenters. The normalized spacial score (nSPS) is 10.9. The third-order valence-corrected chi connectivity index (χ3v) is 3.95. The zero-order valence-electron chi connectivity index (χ0n) is 17.9. The average molecular weight is 415 g/mol. The molecule has 0 aromatic heterocycles. The Morgan fingerprint density at radius 1 is 0.929 bits per heavy atom. The average Bonchev–Trinajstić information content (AvgIpc) is 2.55. The van der Waals surface area contributed by atoms with E-state index in [4.69, 9.17) is 18.6 Å². The van der Waals surface area contributed by atoms with E-state index in [9.17, 15) is 0 Å². The van der Waals surface area contributed by atoms with Crippen molar-refractivity contribution in [2.75, 3.05) is 34.7 Å². The summed E-state index contributed by atoms with van der Waals surface area (Å²) >= 11 is 0. The van der Waals surface area contributed by atoms with Crippen molar-refractivity contribution in [3.63, 3.8) is 0 Å². The van der Waals surface area contributed by atoms with Crippen LogP contribution in [0.4, 0.5) is 0 Å². The molecule has 0 amide bonds. The van der Waals surface area contributed by atoms with Gasteiger partial charge in [0.15, 0.2) is 5.87 Å². The van der Waals surface area contributed by atoms with Crippen LogP contribution in [-0.4, -0.2) is 50.1 Å². The van der Waals surface area contributed by atoms with Gasteiger partial charge in [0.25, 0.3) is 0 Å². The molecule has 0 heterocycles. The standard InChI is InChI=1S/C21H35N2.ClHO4/c1-6-7-8-9-10-11-12-19-13-15-20(16-14-19)21(17-22(2)3)18-23(4)5;2-1(3,4)5/h13-16H,6-12,17H2,1-5H3;(H,2,3,4,5)/q+1;/p-1. The quantitative estimate of drug-likeness (QED) is 0.298. The number of hydrogen-bond donors (Lipinski definition) is 0. The van der Waals surface area contributed by atoms with Gasteiger partial charge in [0.1, 0.15) is 14.1 Å². The van der Waals surface area contributed by atoms with Gasteiger partial charge in [-0.3, -0.25) is 0 Å². The molecule has 0 fully saturated rings. The maximum absolute atomic E-state index is 8.49. The van der Waals surface area contributed by atoms with Crippen LogP contribution in [0.5, 0.6) is 0 Å². The van der Waals surface area contributed by atoms with Crippen molar-refractivity contribution in [1.82, 2.24) is 4.90 Å². The minimum absolute atomic E-state index is 0.912. The van der Waals surface area contributed by atoms with E-state index in [1.54, 1.807) is 0 Å². The number of benzene rings is 1. The highest BCUT2D eigenvalue weighted by Gasteiger charge is 2.06. The predicted octanol–water partition coefficient (Wildman–Crippen LogP) is -0.280. The van der Waals surface area contributed by atoms with Crippen LogP contribution in [0.1, 0.15) is 56.6 Å². The highest BCUT2D eigenvalue weighted by Crippen LogP contribution is 2.16. The Bertz CT molecular complexity index is 594. The molecule has 1 aromatic rings. The maximum atomic E-state index is 8.49. The molecule has 0 aliphatic heterocycles. The zero-order valence-corrected chi connectivity index (χ0v) is 18.6. The molecule has 0 aliphatic rings. The van der Waals surface area contributed by atoms with Gasteiger partial charge in [0.05, 0.1) is 5.57 Å². The van der Waals surface area contributed by atoms with Gasteiger partial charge in [-0.1, -0.05) is 63.3 Å². The predicted molar refractivity (Wildman–Crippen MR) is 103 cm³/mol. The molecule has 0 saturated carbocycles. The Balaban J connectivity index is 0.00000129. The molecular weight excluding hydrogens is 380 g/mol. The van der Waals surface area contributed by atoms with E-state index in [0.29, 0.717) is 0 Å². The van der Waals surface area contributed by atoms with Crippen LogP contribution in [0.15, 0.2) is 24.3 Å². The molecule has 0 atom stereocenters. The summed E-state index contributed by atoms with van der Waals surface area (Å²) in [5.74, 6) is 3.43. The molecule has 6 nitrogen and oxygen atoms in total. The number of hydrogen-bond acceptors (Lipinski definition) is 5. The Kier molecular flexibility index (Phi) is 14.1. The number of aryl methyl sites for hydroxylation is 1. The molecule has 28 heavy (non-hydrogen) atoms. The number of rotatable bonds is 10. The molecule has 7 heteroatoms. The highest BCUT2D eigenvalue weighted by atomic mass is 35.7. The van der Waals surface area contributed by atoms with E-state index in [1.165, 1.54) is 61.6 Å². The summed E-state index contributed by atoms with van der Waals surface area (Å²) in [5.41, 5.74) is 3.98. The Morgan fingerprint density at radius 3 is 1.89 bits per heavy atom. The van der Waals surface area contributed by atoms with Gasteiger partial charge in [-0.25, -0.2) is 18.6 Å². The molecule has 0 saturated heterocycles. The summed E-state index contributed by atoms with van der Waals surface area (Å²) in [6, 6.07) is 9.08. The first-order valence-electron chi connectivity index (χ1n) is 9.68. The molecule has 0 N–H and O–H groups in total. The van der Waals surface area contributed by atoms with Crippen molar-refractivity contribution in [2.45, 2.75) is 51.9 Å². The number of nitrogens with zero attached hydrogens (tertiary/aromatic N) is 2. The van der Waals surface area contributed by atoms with Crippen molar-refractivity contribution in [1.29, 1.82) is 0 Å². The van der Waals surface area contributed by atoms with E-state index in [2.05, 4.69) is 56.1 Å². The van der Waals surface area contributed by atoms with Crippen LogP contribution >= 0.6 is 0 Å². The van der Waals surface area contributed by atoms with E-state index in [0.717, 1.165) is 6.54 Å². The van der Waals surface area contributed by atoms with Gasteiger partial charge in [0.2, 0.25) is 0 Å². The Hall–Kier alpha value is -1.24. The largest absolute Gasteiger partial charge is 0.304 e. The second-order valence-electron chi connectivity index (χ2n) is 7.32. The third kappa shape index (κ3) is 16.9. The van der Waals surface area contributed by atoms with Crippen LogP contribution < -0.4 is 18.6 Å². The van der Waals surface area contributed by atoms with E-state index < -0.39 is 10.2 Å². The van der Waals surface area contributed by atoms with Gasteiger partial charge >= 0.3 is 0 Å². The summed E-state index contributed by atoms with van der Waals surface area (Å²) in [5, 5.41) is 0. The van der Waals surface area contributed by atoms with Crippen LogP contribution in [0.2, 0.25) is 0 Å². The van der Waals surface area contributed by atoms with Crippen molar-refractivity contribution >= 4 is 11.4 Å². The molecule has 0 spiro atoms. The smallest absolute Gasteiger partial charge is 0.172 e. The van der Waals surface area contributed by atoms with Crippen LogP contribution in [0.3, 0.4) is 0 Å². The SMILES string of the molecule is CCCCCCCCc1ccc(C(=C=[N+](C)C)CN(C)C)cc1.[O-][Cl+3]([O-])([O-])[O-]. The molecule has 160 valence electrons. The lowest BCUT2D eigenvalue weighted by Crippen LogP contribution is -2.68. The second kappa shape index (κ2) is 14.7. The molecule has 0 radical (unpaired) electrons. The summed E-state index contributed by atoms with van der Waals surface area (Å²) < 4.78 is 36.0. The van der Waals surface area contributed by atoms with Crippen molar-refractivity contribution in [3.05, 3.63) is 35.4 Å². The van der Waals surface area contributed by atoms with Crippen LogP contribution in [0, 0.1) is 10.2 Å². The summed E-state index contributed by atoms with van der Waals surface area (Å²) in [6.45, 7) is 3.18. The van der Waals surface area contributed by atoms with Gasteiger partial charge < -0.3 is 4.90 Å². The van der Waals surface area contributed by atoms with Gasteiger partial charge in [-0.15, -0.1) is 10.2 Å². The highest BCUT2D eigenvalue weighted by molar-refractivity contribution is 5.88. The van der Waals surface area contributed by atoms with Crippen molar-refractivity contribution in [2.24, 2.45) is 0 Å². The van der Waals surface area contributed by atoms with E-state index in [1.807, 2.05) is 18.7 Å². The summed E-state index contributed by atoms with van der Waals surface area (Å²) in [4.78, 5) is 2.19. The number of halogens is 1. The molecule has 0 aliphatic carbocycles. The number of unbranched alkanes of at least 4 members (excludes halogenated alkanes) is 5. The van der Waals surface area contributed by atoms with Gasteiger partial charge in [-0.2, -0.15) is 4.58 Å². The van der Waals surface area contributed by atoms with Gasteiger partial charge in [0, 0.05) is 6.54 Å². The second-order valence-corrected chi connectivity index (χ2v) is 8.07. The first-order chi connectivity index (χ1) is 13.0. The summed E-state index contributed by atoms with van der Waals surface area (Å²) in [6.07, 6.45) is 9.38. The molecule has 1 aromatic carbocycles. The molecular formula is C21H35ClN2O4. The van der Waals surface area contributed by atoms with Crippen LogP contribution in [0.25, 0.3) is 5.57 Å². The fraction of sp³-hybridized carbons (Fsp3) is 0.619. The zero-order chi connectivity index (χ0) is 21.6. The fourth-order valence-electron chi connectivity index (χ4n) is 2.76. The van der Waals surface area contributed by atoms with Crippen molar-refractivity contribution in [3.8, 4) is 0 Å². The minimum atomic E-state index is -4.94. The fourth-order valence-corrected chi connectivity index (χ4v) is 2.76. The lowest BCUT2D eigenvalue weighted by Gasteiger charge is -2.17. The Labute approximate surface area is 172 Å². The minimum Gasteiger partial charge on any atom is -0.304 e. The lowest BCUT2D eigenvalue weighted by atomic mass is 10.0. The molecule has 1 rings (SSSR count). The topological polar surface area (TPSA) is 98.5 Å². The third-order valence-electron chi connectivity index (χ3n) is 3.95. The molecule has 0 bridgehead atoms. The lowest BCUT2D eigenvalue weighted by molar-refractivity contribution is -2.00. The maximum Gasteiger partial charge on any atom is 0.172 e. The first kappa shape index (κ1) is 26.8. The monoisotopic (exact) mass is 414 g/mol. The number of likely N-dealkylation sites (N-methyl/N-ethyl adjacent to an activating group) is 1. The van der Waals surface area contributed by atoms with Crippen LogP contribution in [-0.2, 0) is 6.42 Å². The first-order valence-corrected chi connectivity index (χ1v) is 10.9. The van der Waals surface area contributed by atoms with E-state index in [-0.39, 0.29) is 0 Å². The Morgan fingerprint density at radius 2 is 1.43 bits per heavy atom. The van der Waals surface area contributed by atoms with Gasteiger partial charge in [-0.05, 0) is 38.1 Å². The summed E-state index contributed by atoms with van der Waals surface area (Å²) in [7, 11) is 3.32.